The normalized spacial score (nSPS) is 19.7. The van der Waals surface area contributed by atoms with Crippen LogP contribution in [0.5, 0.6) is 0 Å². The Bertz CT molecular complexity index is 1730. The molecule has 0 amide bonds. The van der Waals surface area contributed by atoms with Gasteiger partial charge in [-0.05, 0) is 177 Å². The van der Waals surface area contributed by atoms with Crippen molar-refractivity contribution in [3.8, 4) is 0 Å². The molecule has 10 nitrogen and oxygen atoms in total. The maximum absolute atomic E-state index is 13.1. The maximum Gasteiger partial charge on any atom is 0.373 e. The van der Waals surface area contributed by atoms with E-state index >= 15 is 0 Å². The van der Waals surface area contributed by atoms with Crippen LogP contribution in [0.3, 0.4) is 0 Å². The van der Waals surface area contributed by atoms with Gasteiger partial charge in [0.15, 0.2) is 11.6 Å². The predicted molar refractivity (Wildman–Crippen MR) is 318 cm³/mol. The first-order valence-electron chi connectivity index (χ1n) is 22.8. The molecule has 5 N–H and O–H groups in total. The molecule has 2 aromatic rings. The van der Waals surface area contributed by atoms with E-state index in [9.17, 15) is 14.4 Å². The fraction of sp³-hybridized carbons (Fsp3) is 0.686. The van der Waals surface area contributed by atoms with Gasteiger partial charge in [0.25, 0.3) is 0 Å². The Morgan fingerprint density at radius 1 is 0.627 bits per heavy atom. The number of nitrogens with one attached hydrogen (secondary N) is 3. The Morgan fingerprint density at radius 2 is 0.925 bits per heavy atom. The fourth-order valence-electron chi connectivity index (χ4n) is 10.7. The van der Waals surface area contributed by atoms with Crippen LogP contribution in [-0.2, 0) is 14.3 Å². The fourth-order valence-corrected chi connectivity index (χ4v) is 10.7. The summed E-state index contributed by atoms with van der Waals surface area (Å²) >= 11 is 9.54. The van der Waals surface area contributed by atoms with E-state index in [1.165, 1.54) is 0 Å². The number of carbonyl (C=O) groups is 3. The molecule has 0 atom stereocenters. The molecule has 16 heteroatoms. The number of halogens is 6. The van der Waals surface area contributed by atoms with Crippen LogP contribution in [0.2, 0.25) is 0 Å². The summed E-state index contributed by atoms with van der Waals surface area (Å²) in [6.45, 7) is 34.5. The van der Waals surface area contributed by atoms with Crippen LogP contribution < -0.4 is 34.9 Å². The molecule has 0 spiro atoms. The smallest absolute Gasteiger partial charge is 0.186 e. The van der Waals surface area contributed by atoms with E-state index in [1.807, 2.05) is 56.3 Å². The standard InChI is InChI=1S/C28H44N2O2.C13H18O2.C9H20N2.CO2.I3.I2.HI/c1-25(2)15-19(16-26(3,4)29-25)12-23(31)21-10-9-11-22(14-21)24(32)13-20-17-27(5,6)30-28(7,8)18-20;1-9(2)11-6-5-7-12(8-11)13(14)15-10(3)4;1-8(2)5-7(10)6-9(3,4)11-8;2-1-3;1-3-2;1-2;/h9-11,14,19-20,29-30H,12-13,15-18H2,1-8H3;5-10H,1-4H3;7,11H,5-6,10H2,1-4H3;;;;1H/q;;;;-1;;. The molecule has 3 fully saturated rings. The molecule has 0 bridgehead atoms. The zero-order valence-corrected chi connectivity index (χ0v) is 56.1. The van der Waals surface area contributed by atoms with E-state index < -0.39 is 0 Å². The van der Waals surface area contributed by atoms with Crippen LogP contribution in [0.1, 0.15) is 205 Å². The summed E-state index contributed by atoms with van der Waals surface area (Å²) in [7, 11) is 0. The second-order valence-electron chi connectivity index (χ2n) is 22.6. The number of piperidine rings is 3. The first-order chi connectivity index (χ1) is 30.2. The molecule has 386 valence electrons. The first-order valence-corrected chi connectivity index (χ1v) is 41.7. The van der Waals surface area contributed by atoms with Crippen LogP contribution in [0.25, 0.3) is 0 Å². The van der Waals surface area contributed by atoms with Gasteiger partial charge in [0.1, 0.15) is 0 Å². The van der Waals surface area contributed by atoms with Crippen molar-refractivity contribution in [1.29, 1.82) is 0 Å². The van der Waals surface area contributed by atoms with Crippen LogP contribution in [0.15, 0.2) is 48.5 Å². The van der Waals surface area contributed by atoms with Gasteiger partial charge in [0.05, 0.1) is 11.7 Å². The van der Waals surface area contributed by atoms with Gasteiger partial charge in [-0.1, -0.05) is 44.2 Å². The van der Waals surface area contributed by atoms with Crippen LogP contribution in [0.4, 0.5) is 0 Å². The maximum atomic E-state index is 13.1. The van der Waals surface area contributed by atoms with Gasteiger partial charge < -0.3 is 26.4 Å². The van der Waals surface area contributed by atoms with E-state index in [4.69, 9.17) is 20.1 Å². The van der Waals surface area contributed by atoms with E-state index in [0.29, 0.717) is 66.6 Å². The minimum Gasteiger partial charge on any atom is -0.186 e. The second-order valence-corrected chi connectivity index (χ2v) is 38.8. The molecule has 5 rings (SSSR count). The third-order valence-electron chi connectivity index (χ3n) is 11.4. The average molecular weight is 1610 g/mol. The van der Waals surface area contributed by atoms with E-state index in [2.05, 4.69) is 187 Å². The molecule has 0 aromatic heterocycles. The molecule has 0 aliphatic carbocycles. The van der Waals surface area contributed by atoms with Crippen molar-refractivity contribution in [3.63, 3.8) is 0 Å². The summed E-state index contributed by atoms with van der Waals surface area (Å²) in [5.74, 6) is 1.20. The number of ketones is 2. The number of hydrogen-bond acceptors (Lipinski definition) is 10. The third-order valence-corrected chi connectivity index (χ3v) is 11.4. The number of rotatable bonds is 9. The molecule has 3 heterocycles. The topological polar surface area (TPSA) is 157 Å². The Labute approximate surface area is 475 Å². The van der Waals surface area contributed by atoms with Crippen molar-refractivity contribution in [2.45, 2.75) is 213 Å². The summed E-state index contributed by atoms with van der Waals surface area (Å²) in [4.78, 5) is 54.1. The molecule has 0 radical (unpaired) electrons. The number of Topliss-reactive ketones (excluding diaryl/α,β-unsaturated/α-hetero) is 2. The molecular formula is C51H83I6N4O6-. The SMILES string of the molecule is CC(C)OC(=O)c1cccc(C(C)C)c1.CC1(C)CC(CC(=O)c2cccc(C(=O)CC3CC(C)(C)NC(C)(C)C3)c2)CC(C)(C)N1.CC1(C)CC(N)CC(C)(C)N1.I.II.I[I-]I.O=C=O. The van der Waals surface area contributed by atoms with Gasteiger partial charge in [0, 0.05) is 100 Å². The average Bonchev–Trinajstić information content (AvgIpc) is 3.12. The van der Waals surface area contributed by atoms with Crippen molar-refractivity contribution in [2.75, 3.05) is 0 Å². The summed E-state index contributed by atoms with van der Waals surface area (Å²) in [5, 5.41) is 11.0. The summed E-state index contributed by atoms with van der Waals surface area (Å²) < 4.78 is 5.13. The van der Waals surface area contributed by atoms with Crippen LogP contribution in [-0.4, -0.2) is 69.1 Å². The van der Waals surface area contributed by atoms with Gasteiger partial charge in [-0.2, -0.15) is 9.59 Å². The summed E-state index contributed by atoms with van der Waals surface area (Å²) in [5.41, 5.74) is 9.63. The van der Waals surface area contributed by atoms with Gasteiger partial charge in [0.2, 0.25) is 0 Å². The van der Waals surface area contributed by atoms with Crippen molar-refractivity contribution in [3.05, 3.63) is 70.8 Å². The number of carbonyl (C=O) groups excluding carboxylic acids is 5. The Kier molecular flexibility index (Phi) is 33.6. The van der Waals surface area contributed by atoms with Crippen molar-refractivity contribution in [2.24, 2.45) is 17.6 Å². The molecule has 3 aliphatic rings. The number of nitrogens with two attached hydrogens (primary N) is 1. The minimum atomic E-state index is -0.243. The summed E-state index contributed by atoms with van der Waals surface area (Å²) in [6.07, 6.45) is 7.38. The van der Waals surface area contributed by atoms with Crippen LogP contribution in [0, 0.1) is 11.8 Å². The molecule has 67 heavy (non-hydrogen) atoms. The Morgan fingerprint density at radius 3 is 1.22 bits per heavy atom. The Balaban J connectivity index is 0. The van der Waals surface area contributed by atoms with Crippen molar-refractivity contribution in [1.82, 2.24) is 16.0 Å². The van der Waals surface area contributed by atoms with Gasteiger partial charge in [-0.15, -0.1) is 24.0 Å². The Hall–Kier alpha value is 0.850. The number of hydrogen-bond donors (Lipinski definition) is 4. The number of benzene rings is 2. The minimum absolute atomic E-state index is 0. The van der Waals surface area contributed by atoms with Gasteiger partial charge in [-0.3, -0.25) is 9.59 Å². The van der Waals surface area contributed by atoms with E-state index in [-0.39, 0.29) is 87.0 Å². The molecule has 3 aliphatic heterocycles. The number of esters is 1. The third kappa shape index (κ3) is 30.0. The molecule has 2 aromatic carbocycles. The molecule has 3 saturated heterocycles. The predicted octanol–water partition coefficient (Wildman–Crippen LogP) is 11.2. The largest absolute Gasteiger partial charge is 0.373 e. The monoisotopic (exact) mass is 1610 g/mol. The second kappa shape index (κ2) is 32.2. The van der Waals surface area contributed by atoms with Gasteiger partial charge in [-0.25, -0.2) is 4.79 Å². The van der Waals surface area contributed by atoms with Gasteiger partial charge >= 0.3 is 62.6 Å². The number of ether oxygens (including phenoxy) is 1. The first kappa shape index (κ1) is 69.9. The van der Waals surface area contributed by atoms with E-state index in [0.717, 1.165) is 44.1 Å². The molecular weight excluding hydrogens is 1530 g/mol. The van der Waals surface area contributed by atoms with Crippen LogP contribution >= 0.6 is 98.4 Å². The zero-order valence-electron chi connectivity index (χ0n) is 43.0. The van der Waals surface area contributed by atoms with Crippen molar-refractivity contribution < 1.29 is 42.0 Å². The van der Waals surface area contributed by atoms with E-state index in [1.54, 1.807) is 6.07 Å². The van der Waals surface area contributed by atoms with Crippen molar-refractivity contribution >= 4 is 122 Å². The molecule has 0 unspecified atom stereocenters. The molecule has 0 saturated carbocycles. The summed E-state index contributed by atoms with van der Waals surface area (Å²) in [6, 6.07) is 15.4. The quantitative estimate of drug-likeness (QED) is 0.108. The zero-order chi connectivity index (χ0) is 51.5.